The molecule has 1 aliphatic rings. The van der Waals surface area contributed by atoms with E-state index < -0.39 is 5.97 Å². The number of carboxylic acids is 1. The van der Waals surface area contributed by atoms with Crippen molar-refractivity contribution in [1.82, 2.24) is 4.57 Å². The van der Waals surface area contributed by atoms with E-state index in [1.54, 1.807) is 31.4 Å². The zero-order valence-corrected chi connectivity index (χ0v) is 11.7. The van der Waals surface area contributed by atoms with Gasteiger partial charge in [0.2, 0.25) is 0 Å². The zero-order chi connectivity index (χ0) is 15.0. The van der Waals surface area contributed by atoms with Gasteiger partial charge in [-0.2, -0.15) is 0 Å². The molecule has 0 aliphatic heterocycles. The fourth-order valence-electron chi connectivity index (χ4n) is 2.72. The Morgan fingerprint density at radius 1 is 1.24 bits per heavy atom. The van der Waals surface area contributed by atoms with Gasteiger partial charge in [-0.1, -0.05) is 12.1 Å². The monoisotopic (exact) mass is 281 g/mol. The lowest BCUT2D eigenvalue weighted by Gasteiger charge is -2.18. The summed E-state index contributed by atoms with van der Waals surface area (Å²) in [5, 5.41) is 9.16. The van der Waals surface area contributed by atoms with Crippen LogP contribution in [0, 0.1) is 0 Å². The maximum absolute atomic E-state index is 12.3. The smallest absolute Gasteiger partial charge is 0.335 e. The summed E-state index contributed by atoms with van der Waals surface area (Å²) >= 11 is 0. The number of hydrogen-bond acceptors (Lipinski definition) is 2. The van der Waals surface area contributed by atoms with Crippen molar-refractivity contribution in [2.75, 3.05) is 0 Å². The Hall–Kier alpha value is -2.62. The summed E-state index contributed by atoms with van der Waals surface area (Å²) in [4.78, 5) is 23.5. The highest BCUT2D eigenvalue weighted by Gasteiger charge is 2.18. The molecule has 1 heterocycles. The molecule has 21 heavy (non-hydrogen) atoms. The van der Waals surface area contributed by atoms with Crippen molar-refractivity contribution in [2.45, 2.75) is 12.8 Å². The Labute approximate surface area is 122 Å². The fraction of sp³-hybridized carbons (Fsp3) is 0.176. The highest BCUT2D eigenvalue weighted by molar-refractivity contribution is 5.91. The number of nitrogens with zero attached hydrogens (tertiary/aromatic N) is 1. The van der Waals surface area contributed by atoms with E-state index in [4.69, 9.17) is 5.11 Å². The molecular formula is C17H15NO3. The van der Waals surface area contributed by atoms with E-state index >= 15 is 0 Å². The Kier molecular flexibility index (Phi) is 3.22. The SMILES string of the molecule is Cn1cccc(C2=CCCc3ccc(C(=O)O)cc32)c1=O. The minimum Gasteiger partial charge on any atom is -0.478 e. The molecule has 0 unspecified atom stereocenters. The second kappa shape index (κ2) is 5.05. The first-order valence-electron chi connectivity index (χ1n) is 6.80. The lowest BCUT2D eigenvalue weighted by molar-refractivity contribution is 0.0697. The van der Waals surface area contributed by atoms with Gasteiger partial charge in [-0.3, -0.25) is 4.79 Å². The van der Waals surface area contributed by atoms with Crippen LogP contribution in [-0.4, -0.2) is 15.6 Å². The number of pyridine rings is 1. The molecule has 0 amide bonds. The van der Waals surface area contributed by atoms with Crippen molar-refractivity contribution in [1.29, 1.82) is 0 Å². The predicted molar refractivity (Wildman–Crippen MR) is 80.5 cm³/mol. The fourth-order valence-corrected chi connectivity index (χ4v) is 2.72. The van der Waals surface area contributed by atoms with E-state index in [1.165, 1.54) is 4.57 Å². The van der Waals surface area contributed by atoms with E-state index in [0.717, 1.165) is 29.5 Å². The van der Waals surface area contributed by atoms with Crippen molar-refractivity contribution >= 4 is 11.5 Å². The van der Waals surface area contributed by atoms with Crippen LogP contribution >= 0.6 is 0 Å². The molecule has 0 saturated heterocycles. The van der Waals surface area contributed by atoms with Gasteiger partial charge < -0.3 is 9.67 Å². The number of carbonyl (C=O) groups is 1. The Morgan fingerprint density at radius 3 is 2.81 bits per heavy atom. The van der Waals surface area contributed by atoms with Gasteiger partial charge >= 0.3 is 5.97 Å². The van der Waals surface area contributed by atoms with Gasteiger partial charge in [-0.05, 0) is 53.8 Å². The first-order valence-corrected chi connectivity index (χ1v) is 6.80. The zero-order valence-electron chi connectivity index (χ0n) is 11.7. The van der Waals surface area contributed by atoms with Crippen molar-refractivity contribution in [3.8, 4) is 0 Å². The van der Waals surface area contributed by atoms with Crippen LogP contribution in [0.5, 0.6) is 0 Å². The lowest BCUT2D eigenvalue weighted by Crippen LogP contribution is -2.20. The third-order valence-electron chi connectivity index (χ3n) is 3.82. The summed E-state index contributed by atoms with van der Waals surface area (Å²) in [5.74, 6) is -0.955. The second-order valence-electron chi connectivity index (χ2n) is 5.17. The molecule has 0 saturated carbocycles. The predicted octanol–water partition coefficient (Wildman–Crippen LogP) is 2.46. The molecule has 1 aromatic heterocycles. The van der Waals surface area contributed by atoms with E-state index in [0.29, 0.717) is 5.56 Å². The van der Waals surface area contributed by atoms with Crippen LogP contribution in [0.15, 0.2) is 47.4 Å². The van der Waals surface area contributed by atoms with Crippen LogP contribution in [0.2, 0.25) is 0 Å². The van der Waals surface area contributed by atoms with E-state index in [9.17, 15) is 9.59 Å². The number of aromatic nitrogens is 1. The summed E-state index contributed by atoms with van der Waals surface area (Å²) < 4.78 is 1.53. The Balaban J connectivity index is 2.21. The van der Waals surface area contributed by atoms with Gasteiger partial charge in [0, 0.05) is 18.8 Å². The topological polar surface area (TPSA) is 59.3 Å². The van der Waals surface area contributed by atoms with Crippen LogP contribution in [0.4, 0.5) is 0 Å². The highest BCUT2D eigenvalue weighted by Crippen LogP contribution is 2.31. The molecule has 1 aliphatic carbocycles. The van der Waals surface area contributed by atoms with Gasteiger partial charge in [0.05, 0.1) is 5.56 Å². The maximum Gasteiger partial charge on any atom is 0.335 e. The number of aryl methyl sites for hydroxylation is 2. The molecular weight excluding hydrogens is 266 g/mol. The molecule has 4 heteroatoms. The molecule has 2 aromatic rings. The minimum absolute atomic E-state index is 0.0719. The molecule has 106 valence electrons. The molecule has 0 spiro atoms. The van der Waals surface area contributed by atoms with Gasteiger partial charge in [-0.15, -0.1) is 0 Å². The van der Waals surface area contributed by atoms with Crippen LogP contribution in [0.25, 0.3) is 5.57 Å². The number of hydrogen-bond donors (Lipinski definition) is 1. The number of allylic oxidation sites excluding steroid dienone is 1. The molecule has 3 rings (SSSR count). The molecule has 0 radical (unpaired) electrons. The third kappa shape index (κ3) is 2.29. The lowest BCUT2D eigenvalue weighted by atomic mass is 9.86. The van der Waals surface area contributed by atoms with E-state index in [-0.39, 0.29) is 11.1 Å². The summed E-state index contributed by atoms with van der Waals surface area (Å²) in [6, 6.07) is 8.74. The van der Waals surface area contributed by atoms with Gasteiger partial charge in [0.25, 0.3) is 5.56 Å². The van der Waals surface area contributed by atoms with Gasteiger partial charge in [0.1, 0.15) is 0 Å². The summed E-state index contributed by atoms with van der Waals surface area (Å²) in [6.07, 6.45) is 5.45. The van der Waals surface area contributed by atoms with Crippen LogP contribution in [-0.2, 0) is 13.5 Å². The normalized spacial score (nSPS) is 13.5. The summed E-state index contributed by atoms with van der Waals surface area (Å²) in [6.45, 7) is 0. The number of benzene rings is 1. The van der Waals surface area contributed by atoms with Crippen molar-refractivity contribution in [3.63, 3.8) is 0 Å². The van der Waals surface area contributed by atoms with Crippen LogP contribution in [0.3, 0.4) is 0 Å². The average molecular weight is 281 g/mol. The quantitative estimate of drug-likeness (QED) is 0.920. The number of carboxylic acid groups (broad SMARTS) is 1. The Morgan fingerprint density at radius 2 is 2.05 bits per heavy atom. The van der Waals surface area contributed by atoms with Crippen molar-refractivity contribution < 1.29 is 9.90 Å². The molecule has 0 bridgehead atoms. The number of fused-ring (bicyclic) bond motifs is 1. The van der Waals surface area contributed by atoms with Crippen LogP contribution in [0.1, 0.15) is 33.5 Å². The number of rotatable bonds is 2. The first-order chi connectivity index (χ1) is 10.1. The van der Waals surface area contributed by atoms with Gasteiger partial charge in [-0.25, -0.2) is 4.79 Å². The summed E-state index contributed by atoms with van der Waals surface area (Å²) in [7, 11) is 1.71. The second-order valence-corrected chi connectivity index (χ2v) is 5.17. The largest absolute Gasteiger partial charge is 0.478 e. The van der Waals surface area contributed by atoms with Crippen molar-refractivity contribution in [3.05, 3.63) is 75.2 Å². The molecule has 1 N–H and O–H groups in total. The number of aromatic carboxylic acids is 1. The first kappa shape index (κ1) is 13.4. The highest BCUT2D eigenvalue weighted by atomic mass is 16.4. The third-order valence-corrected chi connectivity index (χ3v) is 3.82. The Bertz CT molecular complexity index is 815. The van der Waals surface area contributed by atoms with Crippen molar-refractivity contribution in [2.24, 2.45) is 7.05 Å². The maximum atomic E-state index is 12.3. The molecule has 4 nitrogen and oxygen atoms in total. The van der Waals surface area contributed by atoms with E-state index in [2.05, 4.69) is 0 Å². The van der Waals surface area contributed by atoms with Gasteiger partial charge in [0.15, 0.2) is 0 Å². The molecule has 0 fully saturated rings. The molecule has 0 atom stereocenters. The minimum atomic E-state index is -0.955. The summed E-state index contributed by atoms with van der Waals surface area (Å²) in [5.41, 5.74) is 3.56. The van der Waals surface area contributed by atoms with E-state index in [1.807, 2.05) is 18.2 Å². The molecule has 1 aromatic carbocycles. The van der Waals surface area contributed by atoms with Crippen LogP contribution < -0.4 is 5.56 Å². The average Bonchev–Trinajstić information content (AvgIpc) is 2.49. The standard InChI is InChI=1S/C17H15NO3/c1-18-9-3-6-14(16(18)19)13-5-2-4-11-7-8-12(17(20)21)10-15(11)13/h3,5-10H,2,4H2,1H3,(H,20,21).